The zero-order chi connectivity index (χ0) is 19.0. The van der Waals surface area contributed by atoms with Crippen molar-refractivity contribution < 1.29 is 36.1 Å². The van der Waals surface area contributed by atoms with E-state index in [1.54, 1.807) is 14.2 Å². The summed E-state index contributed by atoms with van der Waals surface area (Å²) in [5, 5.41) is 12.5. The molecular weight excluding hydrogens is 444 g/mol. The van der Waals surface area contributed by atoms with Gasteiger partial charge in [-0.2, -0.15) is 0 Å². The number of hydrogen-bond donors (Lipinski definition) is 1. The van der Waals surface area contributed by atoms with Crippen LogP contribution < -0.4 is 31.4 Å². The number of anilines is 1. The number of halogens is 2. The van der Waals surface area contributed by atoms with E-state index in [2.05, 4.69) is 9.48 Å². The summed E-state index contributed by atoms with van der Waals surface area (Å²) in [5.41, 5.74) is 0.725. The summed E-state index contributed by atoms with van der Waals surface area (Å²) in [5.74, 6) is 2.42. The molecule has 5 nitrogen and oxygen atoms in total. The maximum absolute atomic E-state index is 11.8. The minimum atomic E-state index is -1.12. The van der Waals surface area contributed by atoms with E-state index in [4.69, 9.17) is 21.1 Å². The number of amidine groups is 1. The van der Waals surface area contributed by atoms with E-state index < -0.39 is 5.72 Å². The lowest BCUT2D eigenvalue weighted by atomic mass is 10.0. The third-order valence-electron chi connectivity index (χ3n) is 5.46. The van der Waals surface area contributed by atoms with Gasteiger partial charge in [0.15, 0.2) is 18.0 Å². The maximum atomic E-state index is 11.8. The van der Waals surface area contributed by atoms with Crippen LogP contribution in [0.3, 0.4) is 0 Å². The third kappa shape index (κ3) is 3.49. The number of benzene rings is 2. The number of hydrogen-bond acceptors (Lipinski definition) is 4. The molecule has 28 heavy (non-hydrogen) atoms. The Kier molecular flexibility index (Phi) is 6.22. The normalized spacial score (nSPS) is 21.2. The highest BCUT2D eigenvalue weighted by Gasteiger charge is 2.52. The monoisotopic (exact) mass is 466 g/mol. The van der Waals surface area contributed by atoms with Crippen LogP contribution in [0, 0.1) is 0 Å². The van der Waals surface area contributed by atoms with E-state index in [-0.39, 0.29) is 17.0 Å². The highest BCUT2D eigenvalue weighted by molar-refractivity contribution is 6.30. The van der Waals surface area contributed by atoms with E-state index in [0.29, 0.717) is 23.1 Å². The lowest BCUT2D eigenvalue weighted by Gasteiger charge is -2.25. The standard InChI is InChI=1S/C21H24ClN2O3.BrH/c1-26-18-11-6-15(13-19(18)27-2)21(25)14-23(17-9-7-16(22)8-10-17)20-5-3-4-12-24(20)21;/h6-11,13,25H,3-5,12,14H2,1-2H3;1H/q+1;/p-1. The summed E-state index contributed by atoms with van der Waals surface area (Å²) in [4.78, 5) is 2.20. The van der Waals surface area contributed by atoms with Crippen LogP contribution in [0.2, 0.25) is 5.02 Å². The second kappa shape index (κ2) is 8.31. The smallest absolute Gasteiger partial charge is 0.271 e. The fourth-order valence-corrected chi connectivity index (χ4v) is 4.21. The van der Waals surface area contributed by atoms with Crippen molar-refractivity contribution in [3.63, 3.8) is 0 Å². The summed E-state index contributed by atoms with van der Waals surface area (Å²) in [6.45, 7) is 1.28. The molecule has 2 aromatic carbocycles. The Balaban J connectivity index is 0.00000225. The lowest BCUT2D eigenvalue weighted by molar-refractivity contribution is -0.661. The topological polar surface area (TPSA) is 44.9 Å². The van der Waals surface area contributed by atoms with E-state index in [0.717, 1.165) is 42.9 Å². The first-order chi connectivity index (χ1) is 13.1. The molecule has 2 heterocycles. The summed E-state index contributed by atoms with van der Waals surface area (Å²) in [6.07, 6.45) is 3.13. The fraction of sp³-hybridized carbons (Fsp3) is 0.381. The molecule has 0 spiro atoms. The molecule has 4 rings (SSSR count). The van der Waals surface area contributed by atoms with E-state index >= 15 is 0 Å². The molecule has 0 aliphatic carbocycles. The lowest BCUT2D eigenvalue weighted by Crippen LogP contribution is -3.00. The molecule has 2 aliphatic heterocycles. The molecule has 1 atom stereocenters. The summed E-state index contributed by atoms with van der Waals surface area (Å²) < 4.78 is 12.9. The van der Waals surface area contributed by atoms with Crippen LogP contribution in [0.4, 0.5) is 5.69 Å². The van der Waals surface area contributed by atoms with Crippen LogP contribution in [-0.2, 0) is 5.72 Å². The third-order valence-corrected chi connectivity index (χ3v) is 5.72. The van der Waals surface area contributed by atoms with E-state index in [9.17, 15) is 5.11 Å². The predicted octanol–water partition coefficient (Wildman–Crippen LogP) is 0.621. The van der Waals surface area contributed by atoms with Gasteiger partial charge in [-0.05, 0) is 55.3 Å². The molecule has 150 valence electrons. The second-order valence-corrected chi connectivity index (χ2v) is 7.41. The van der Waals surface area contributed by atoms with Gasteiger partial charge in [-0.3, -0.25) is 0 Å². The van der Waals surface area contributed by atoms with Crippen molar-refractivity contribution in [2.24, 2.45) is 0 Å². The van der Waals surface area contributed by atoms with Crippen molar-refractivity contribution >= 4 is 23.1 Å². The molecule has 0 bridgehead atoms. The molecular formula is C21H24BrClN2O3. The molecule has 2 aliphatic rings. The number of ether oxygens (including phenoxy) is 2. The molecule has 0 radical (unpaired) electrons. The number of methoxy groups -OCH3 is 2. The van der Waals surface area contributed by atoms with E-state index in [1.807, 2.05) is 42.5 Å². The Morgan fingerprint density at radius 1 is 1.04 bits per heavy atom. The first kappa shape index (κ1) is 21.0. The van der Waals surface area contributed by atoms with Crippen molar-refractivity contribution in [3.8, 4) is 11.5 Å². The Hall–Kier alpha value is -1.76. The average Bonchev–Trinajstić information content (AvgIpc) is 3.02. The zero-order valence-electron chi connectivity index (χ0n) is 16.0. The number of aliphatic hydroxyl groups is 1. The van der Waals surface area contributed by atoms with Crippen LogP contribution in [0.15, 0.2) is 42.5 Å². The highest BCUT2D eigenvalue weighted by Crippen LogP contribution is 2.39. The molecule has 0 saturated heterocycles. The maximum Gasteiger partial charge on any atom is 0.271 e. The van der Waals surface area contributed by atoms with Gasteiger partial charge in [0.25, 0.3) is 11.6 Å². The Bertz CT molecular complexity index is 888. The van der Waals surface area contributed by atoms with Gasteiger partial charge in [-0.1, -0.05) is 11.6 Å². The van der Waals surface area contributed by atoms with Crippen molar-refractivity contribution in [2.45, 2.75) is 25.0 Å². The quantitative estimate of drug-likeness (QED) is 0.670. The van der Waals surface area contributed by atoms with Crippen molar-refractivity contribution in [2.75, 3.05) is 32.2 Å². The van der Waals surface area contributed by atoms with Gasteiger partial charge in [-0.15, -0.1) is 0 Å². The highest BCUT2D eigenvalue weighted by atomic mass is 79.9. The number of rotatable bonds is 4. The first-order valence-electron chi connectivity index (χ1n) is 9.18. The minimum absolute atomic E-state index is 0. The van der Waals surface area contributed by atoms with Gasteiger partial charge in [-0.25, -0.2) is 9.48 Å². The average molecular weight is 468 g/mol. The molecule has 1 N–H and O–H groups in total. The van der Waals surface area contributed by atoms with Gasteiger partial charge >= 0.3 is 0 Å². The predicted molar refractivity (Wildman–Crippen MR) is 106 cm³/mol. The van der Waals surface area contributed by atoms with Gasteiger partial charge < -0.3 is 31.6 Å². The van der Waals surface area contributed by atoms with Crippen molar-refractivity contribution in [3.05, 3.63) is 53.1 Å². The van der Waals surface area contributed by atoms with Gasteiger partial charge in [0.05, 0.1) is 20.8 Å². The first-order valence-corrected chi connectivity index (χ1v) is 9.56. The van der Waals surface area contributed by atoms with Gasteiger partial charge in [0.2, 0.25) is 0 Å². The Morgan fingerprint density at radius 3 is 2.43 bits per heavy atom. The van der Waals surface area contributed by atoms with Crippen molar-refractivity contribution in [1.29, 1.82) is 0 Å². The van der Waals surface area contributed by atoms with Crippen LogP contribution in [0.25, 0.3) is 0 Å². The van der Waals surface area contributed by atoms with Gasteiger partial charge in [0, 0.05) is 17.0 Å². The molecule has 2 aromatic rings. The van der Waals surface area contributed by atoms with Crippen LogP contribution in [0.1, 0.15) is 24.8 Å². The zero-order valence-corrected chi connectivity index (χ0v) is 18.3. The van der Waals surface area contributed by atoms with Crippen LogP contribution in [-0.4, -0.2) is 42.8 Å². The molecule has 0 amide bonds. The molecule has 0 fully saturated rings. The molecule has 1 unspecified atom stereocenters. The summed E-state index contributed by atoms with van der Waals surface area (Å²) in [6, 6.07) is 13.4. The largest absolute Gasteiger partial charge is 1.00 e. The molecule has 0 saturated carbocycles. The molecule has 7 heteroatoms. The fourth-order valence-electron chi connectivity index (χ4n) is 4.09. The minimum Gasteiger partial charge on any atom is -1.00 e. The summed E-state index contributed by atoms with van der Waals surface area (Å²) >= 11 is 6.06. The number of β-amino-alcohol motifs (C(OH)–C–C–N with tert-alkyl or cyclic N) is 1. The van der Waals surface area contributed by atoms with Crippen LogP contribution in [0.5, 0.6) is 11.5 Å². The SMILES string of the molecule is COc1ccc(C2(O)CN(c3ccc(Cl)cc3)C3=[N+]2CCCC3)cc1OC.[Br-]. The molecule has 0 aromatic heterocycles. The van der Waals surface area contributed by atoms with Crippen molar-refractivity contribution in [1.82, 2.24) is 0 Å². The summed E-state index contributed by atoms with van der Waals surface area (Å²) in [7, 11) is 3.22. The van der Waals surface area contributed by atoms with Gasteiger partial charge in [0.1, 0.15) is 5.69 Å². The Morgan fingerprint density at radius 2 is 1.75 bits per heavy atom. The Labute approximate surface area is 180 Å². The second-order valence-electron chi connectivity index (χ2n) is 6.97. The number of nitrogens with zero attached hydrogens (tertiary/aromatic N) is 2. The van der Waals surface area contributed by atoms with Crippen LogP contribution >= 0.6 is 11.6 Å². The van der Waals surface area contributed by atoms with E-state index in [1.165, 1.54) is 0 Å².